The molecule has 4 heterocycles. The molecule has 0 N–H and O–H groups in total. The van der Waals surface area contributed by atoms with Gasteiger partial charge in [0, 0.05) is 58.3 Å². The summed E-state index contributed by atoms with van der Waals surface area (Å²) < 4.78 is 33.4. The number of ether oxygens (including phenoxy) is 1. The summed E-state index contributed by atoms with van der Waals surface area (Å²) in [4.78, 5) is 12.7. The number of pyridine rings is 2. The maximum Gasteiger partial charge on any atom is 0.137 e. The zero-order valence-corrected chi connectivity index (χ0v) is 26.1. The second kappa shape index (κ2) is 10.1. The van der Waals surface area contributed by atoms with Crippen molar-refractivity contribution in [1.29, 1.82) is 0 Å². The van der Waals surface area contributed by atoms with Crippen molar-refractivity contribution in [2.45, 2.75) is 52.4 Å². The molecule has 6 heteroatoms. The van der Waals surface area contributed by atoms with E-state index in [0.29, 0.717) is 17.2 Å². The highest BCUT2D eigenvalue weighted by molar-refractivity contribution is 6.09. The van der Waals surface area contributed by atoms with E-state index in [1.807, 2.05) is 66.0 Å². The van der Waals surface area contributed by atoms with Crippen LogP contribution < -0.4 is 14.5 Å². The molecule has 6 aromatic rings. The Morgan fingerprint density at radius 3 is 2.30 bits per heavy atom. The molecular weight excluding hydrogens is 542 g/mol. The minimum Gasteiger partial charge on any atom is -0.457 e. The first-order chi connectivity index (χ1) is 22.2. The third kappa shape index (κ3) is 4.84. The molecule has 0 atom stereocenters. The van der Waals surface area contributed by atoms with Gasteiger partial charge in [0.1, 0.15) is 17.3 Å². The molecule has 0 fully saturated rings. The maximum atomic E-state index is 8.17. The predicted octanol–water partition coefficient (Wildman–Crippen LogP) is 9.51. The van der Waals surface area contributed by atoms with E-state index in [4.69, 9.17) is 13.8 Å². The number of fused-ring (bicyclic) bond motifs is 4. The van der Waals surface area contributed by atoms with Crippen LogP contribution >= 0.6 is 0 Å². The summed E-state index contributed by atoms with van der Waals surface area (Å²) in [5, 5.41) is 2.10. The Morgan fingerprint density at radius 2 is 1.52 bits per heavy atom. The molecule has 0 aliphatic carbocycles. The van der Waals surface area contributed by atoms with Crippen LogP contribution in [0.1, 0.15) is 56.8 Å². The average molecular weight is 585 g/mol. The van der Waals surface area contributed by atoms with E-state index in [-0.39, 0.29) is 17.5 Å². The molecule has 0 amide bonds. The first-order valence-corrected chi connectivity index (χ1v) is 15.0. The molecule has 44 heavy (non-hydrogen) atoms. The standard InChI is InChI=1S/C38H39N5O/c1-37(2,3)25-14-17-40-36(20-25)43-32-15-16-39-23-31(32)30-13-12-28(22-35(30)43)44-29-19-26(38(4,5)6)18-27(21-29)42-24-41(7)33-10-8-9-11-34(33)42/h8-23H,24H2,1-7H3/i7D3. The number of benzene rings is 3. The van der Waals surface area contributed by atoms with Gasteiger partial charge < -0.3 is 14.5 Å². The van der Waals surface area contributed by atoms with Gasteiger partial charge in [-0.2, -0.15) is 0 Å². The normalized spacial score (nSPS) is 14.9. The van der Waals surface area contributed by atoms with E-state index in [2.05, 4.69) is 87.5 Å². The van der Waals surface area contributed by atoms with Crippen molar-refractivity contribution in [3.8, 4) is 17.3 Å². The van der Waals surface area contributed by atoms with E-state index in [9.17, 15) is 0 Å². The van der Waals surface area contributed by atoms with Crippen LogP contribution in [0.4, 0.5) is 17.1 Å². The number of hydrogen-bond acceptors (Lipinski definition) is 5. The number of aromatic nitrogens is 3. The van der Waals surface area contributed by atoms with Crippen molar-refractivity contribution in [2.24, 2.45) is 0 Å². The Hall–Kier alpha value is -4.84. The van der Waals surface area contributed by atoms with E-state index in [0.717, 1.165) is 44.6 Å². The topological polar surface area (TPSA) is 46.4 Å². The molecule has 0 radical (unpaired) electrons. The Bertz CT molecular complexity index is 2140. The molecule has 0 saturated carbocycles. The Balaban J connectivity index is 1.34. The summed E-state index contributed by atoms with van der Waals surface area (Å²) >= 11 is 0. The molecule has 3 aromatic carbocycles. The van der Waals surface area contributed by atoms with Gasteiger partial charge in [0.05, 0.1) is 29.1 Å². The summed E-state index contributed by atoms with van der Waals surface area (Å²) in [5.41, 5.74) is 6.48. The van der Waals surface area contributed by atoms with Crippen molar-refractivity contribution in [1.82, 2.24) is 14.5 Å². The second-order valence-corrected chi connectivity index (χ2v) is 13.6. The van der Waals surface area contributed by atoms with E-state index in [1.165, 1.54) is 10.5 Å². The third-order valence-electron chi connectivity index (χ3n) is 8.43. The van der Waals surface area contributed by atoms with Crippen molar-refractivity contribution in [3.63, 3.8) is 0 Å². The van der Waals surface area contributed by atoms with Crippen LogP contribution in [0, 0.1) is 0 Å². The van der Waals surface area contributed by atoms with Gasteiger partial charge in [0.25, 0.3) is 0 Å². The molecule has 0 saturated heterocycles. The summed E-state index contributed by atoms with van der Waals surface area (Å²) in [6.07, 6.45) is 5.59. The number of rotatable bonds is 4. The van der Waals surface area contributed by atoms with Crippen LogP contribution in [0.3, 0.4) is 0 Å². The van der Waals surface area contributed by atoms with Gasteiger partial charge in [-0.1, -0.05) is 53.7 Å². The molecule has 0 spiro atoms. The van der Waals surface area contributed by atoms with Crippen LogP contribution in [-0.4, -0.2) is 28.2 Å². The smallest absolute Gasteiger partial charge is 0.137 e. The quantitative estimate of drug-likeness (QED) is 0.206. The Kier molecular flexibility index (Phi) is 5.65. The van der Waals surface area contributed by atoms with Gasteiger partial charge in [0.15, 0.2) is 0 Å². The van der Waals surface area contributed by atoms with Gasteiger partial charge in [-0.05, 0) is 76.6 Å². The van der Waals surface area contributed by atoms with Gasteiger partial charge in [-0.3, -0.25) is 9.55 Å². The van der Waals surface area contributed by atoms with Crippen LogP contribution in [0.25, 0.3) is 27.6 Å². The highest BCUT2D eigenvalue weighted by atomic mass is 16.5. The lowest BCUT2D eigenvalue weighted by atomic mass is 9.86. The monoisotopic (exact) mass is 584 g/mol. The molecule has 0 unspecified atom stereocenters. The number of anilines is 3. The van der Waals surface area contributed by atoms with Crippen LogP contribution in [-0.2, 0) is 10.8 Å². The minimum absolute atomic E-state index is 0.0293. The first kappa shape index (κ1) is 24.6. The van der Waals surface area contributed by atoms with Crippen molar-refractivity contribution >= 4 is 38.9 Å². The van der Waals surface area contributed by atoms with Crippen LogP contribution in [0.2, 0.25) is 0 Å². The third-order valence-corrected chi connectivity index (χ3v) is 8.43. The maximum absolute atomic E-state index is 8.17. The number of nitrogens with zero attached hydrogens (tertiary/aromatic N) is 5. The average Bonchev–Trinajstić information content (AvgIpc) is 3.57. The van der Waals surface area contributed by atoms with Gasteiger partial charge in [-0.15, -0.1) is 0 Å². The van der Waals surface area contributed by atoms with Crippen molar-refractivity contribution in [2.75, 3.05) is 23.4 Å². The fourth-order valence-corrected chi connectivity index (χ4v) is 5.96. The van der Waals surface area contributed by atoms with E-state index >= 15 is 0 Å². The molecule has 0 bridgehead atoms. The SMILES string of the molecule is [2H]C([2H])([2H])N1CN(c2cc(Oc3ccc4c5cnccc5n(-c5cc(C(C)(C)C)ccn5)c4c3)cc(C(C)(C)C)c2)c2ccccc21. The summed E-state index contributed by atoms with van der Waals surface area (Å²) in [7, 11) is 0. The number of hydrogen-bond donors (Lipinski definition) is 0. The lowest BCUT2D eigenvalue weighted by Gasteiger charge is -2.25. The van der Waals surface area contributed by atoms with Crippen LogP contribution in [0.5, 0.6) is 11.5 Å². The first-order valence-electron chi connectivity index (χ1n) is 16.5. The largest absolute Gasteiger partial charge is 0.457 e. The lowest BCUT2D eigenvalue weighted by molar-refractivity contribution is 0.479. The van der Waals surface area contributed by atoms with Gasteiger partial charge in [-0.25, -0.2) is 4.98 Å². The van der Waals surface area contributed by atoms with E-state index < -0.39 is 6.98 Å². The molecule has 1 aliphatic rings. The second-order valence-electron chi connectivity index (χ2n) is 13.6. The number of para-hydroxylation sites is 2. The lowest BCUT2D eigenvalue weighted by Crippen LogP contribution is -2.24. The summed E-state index contributed by atoms with van der Waals surface area (Å²) in [5.74, 6) is 2.20. The zero-order chi connectivity index (χ0) is 33.3. The highest BCUT2D eigenvalue weighted by Gasteiger charge is 2.26. The Morgan fingerprint density at radius 1 is 0.727 bits per heavy atom. The predicted molar refractivity (Wildman–Crippen MR) is 182 cm³/mol. The zero-order valence-electron chi connectivity index (χ0n) is 29.1. The molecular formula is C38H39N5O. The molecule has 7 rings (SSSR count). The van der Waals surface area contributed by atoms with Crippen molar-refractivity contribution < 1.29 is 8.85 Å². The highest BCUT2D eigenvalue weighted by Crippen LogP contribution is 2.43. The molecule has 3 aromatic heterocycles. The van der Waals surface area contributed by atoms with Gasteiger partial charge in [0.2, 0.25) is 0 Å². The fourth-order valence-electron chi connectivity index (χ4n) is 5.96. The fraction of sp³-hybridized carbons (Fsp3) is 0.263. The van der Waals surface area contributed by atoms with Crippen molar-refractivity contribution in [3.05, 3.63) is 109 Å². The van der Waals surface area contributed by atoms with Gasteiger partial charge >= 0.3 is 0 Å². The Labute approximate surface area is 263 Å². The molecule has 1 aliphatic heterocycles. The van der Waals surface area contributed by atoms with Crippen LogP contribution in [0.15, 0.2) is 97.5 Å². The molecule has 222 valence electrons. The minimum atomic E-state index is -2.27. The summed E-state index contributed by atoms with van der Waals surface area (Å²) in [6, 6.07) is 26.2. The summed E-state index contributed by atoms with van der Waals surface area (Å²) in [6.45, 7) is 11.1. The van der Waals surface area contributed by atoms with E-state index in [1.54, 1.807) is 0 Å². The molecule has 6 nitrogen and oxygen atoms in total.